The Hall–Kier alpha value is -3.41. The van der Waals surface area contributed by atoms with E-state index in [9.17, 15) is 4.79 Å². The lowest BCUT2D eigenvalue weighted by molar-refractivity contribution is 0.0527. The molecule has 6 heteroatoms. The highest BCUT2D eigenvalue weighted by Gasteiger charge is 2.14. The van der Waals surface area contributed by atoms with Gasteiger partial charge in [0, 0.05) is 18.2 Å². The average Bonchev–Trinajstić information content (AvgIpc) is 2.73. The third-order valence-electron chi connectivity index (χ3n) is 4.15. The van der Waals surface area contributed by atoms with Gasteiger partial charge in [-0.3, -0.25) is 0 Å². The van der Waals surface area contributed by atoms with Crippen LogP contribution in [0.4, 0.5) is 17.5 Å². The number of hydrogen-bond donors (Lipinski definition) is 2. The SMILES string of the molecule is CCOC(=O)c1ccccc1Nc1cc(-c2ccccc2)nc(NCC(C)C)n1. The van der Waals surface area contributed by atoms with Crippen molar-refractivity contribution in [3.63, 3.8) is 0 Å². The number of aromatic nitrogens is 2. The lowest BCUT2D eigenvalue weighted by Crippen LogP contribution is -2.12. The number of nitrogens with zero attached hydrogens (tertiary/aromatic N) is 2. The van der Waals surface area contributed by atoms with Gasteiger partial charge < -0.3 is 15.4 Å². The van der Waals surface area contributed by atoms with E-state index >= 15 is 0 Å². The largest absolute Gasteiger partial charge is 0.462 e. The molecular formula is C23H26N4O2. The molecule has 0 amide bonds. The molecule has 0 saturated heterocycles. The van der Waals surface area contributed by atoms with Crippen LogP contribution in [0, 0.1) is 5.92 Å². The van der Waals surface area contributed by atoms with E-state index in [-0.39, 0.29) is 5.97 Å². The summed E-state index contributed by atoms with van der Waals surface area (Å²) in [5, 5.41) is 6.54. The predicted octanol–water partition coefficient (Wildman–Crippen LogP) is 5.13. The summed E-state index contributed by atoms with van der Waals surface area (Å²) in [5.41, 5.74) is 2.89. The van der Waals surface area contributed by atoms with Crippen LogP contribution in [0.2, 0.25) is 0 Å². The number of para-hydroxylation sites is 1. The van der Waals surface area contributed by atoms with Crippen LogP contribution in [-0.4, -0.2) is 29.1 Å². The van der Waals surface area contributed by atoms with Gasteiger partial charge in [-0.2, -0.15) is 4.98 Å². The summed E-state index contributed by atoms with van der Waals surface area (Å²) in [5.74, 6) is 1.23. The highest BCUT2D eigenvalue weighted by atomic mass is 16.5. The van der Waals surface area contributed by atoms with Crippen molar-refractivity contribution in [2.75, 3.05) is 23.8 Å². The summed E-state index contributed by atoms with van der Waals surface area (Å²) in [7, 11) is 0. The first kappa shape index (κ1) is 20.3. The van der Waals surface area contributed by atoms with Gasteiger partial charge in [-0.25, -0.2) is 9.78 Å². The minimum Gasteiger partial charge on any atom is -0.462 e. The van der Waals surface area contributed by atoms with Crippen molar-refractivity contribution in [2.24, 2.45) is 5.92 Å². The smallest absolute Gasteiger partial charge is 0.340 e. The van der Waals surface area contributed by atoms with Crippen LogP contribution < -0.4 is 10.6 Å². The monoisotopic (exact) mass is 390 g/mol. The summed E-state index contributed by atoms with van der Waals surface area (Å²) < 4.78 is 5.16. The topological polar surface area (TPSA) is 76.1 Å². The highest BCUT2D eigenvalue weighted by Crippen LogP contribution is 2.25. The molecule has 0 saturated carbocycles. The van der Waals surface area contributed by atoms with Gasteiger partial charge >= 0.3 is 5.97 Å². The van der Waals surface area contributed by atoms with Crippen molar-refractivity contribution in [3.05, 3.63) is 66.2 Å². The van der Waals surface area contributed by atoms with Gasteiger partial charge in [0.15, 0.2) is 0 Å². The molecule has 150 valence electrons. The molecule has 1 aromatic heterocycles. The zero-order chi connectivity index (χ0) is 20.6. The fourth-order valence-corrected chi connectivity index (χ4v) is 2.76. The molecule has 2 N–H and O–H groups in total. The van der Waals surface area contributed by atoms with E-state index in [0.717, 1.165) is 17.8 Å². The molecular weight excluding hydrogens is 364 g/mol. The molecule has 0 aliphatic carbocycles. The van der Waals surface area contributed by atoms with Crippen molar-refractivity contribution in [1.29, 1.82) is 0 Å². The van der Waals surface area contributed by atoms with E-state index in [1.54, 1.807) is 13.0 Å². The number of nitrogens with one attached hydrogen (secondary N) is 2. The molecule has 0 unspecified atom stereocenters. The maximum atomic E-state index is 12.3. The molecule has 3 aromatic rings. The third-order valence-corrected chi connectivity index (χ3v) is 4.15. The Morgan fingerprint density at radius 1 is 1.03 bits per heavy atom. The molecule has 29 heavy (non-hydrogen) atoms. The summed E-state index contributed by atoms with van der Waals surface area (Å²) in [6, 6.07) is 19.0. The lowest BCUT2D eigenvalue weighted by Gasteiger charge is -2.14. The maximum Gasteiger partial charge on any atom is 0.340 e. The van der Waals surface area contributed by atoms with Crippen LogP contribution >= 0.6 is 0 Å². The molecule has 0 atom stereocenters. The van der Waals surface area contributed by atoms with Crippen molar-refractivity contribution in [3.8, 4) is 11.3 Å². The van der Waals surface area contributed by atoms with Crippen LogP contribution in [-0.2, 0) is 4.74 Å². The van der Waals surface area contributed by atoms with Crippen LogP contribution in [0.25, 0.3) is 11.3 Å². The van der Waals surface area contributed by atoms with E-state index < -0.39 is 0 Å². The van der Waals surface area contributed by atoms with Gasteiger partial charge in [0.25, 0.3) is 0 Å². The van der Waals surface area contributed by atoms with E-state index in [0.29, 0.717) is 35.5 Å². The number of ether oxygens (including phenoxy) is 1. The molecule has 0 aliphatic rings. The van der Waals surface area contributed by atoms with E-state index in [1.807, 2.05) is 54.6 Å². The number of carbonyl (C=O) groups is 1. The Kier molecular flexibility index (Phi) is 6.79. The molecule has 3 rings (SSSR count). The van der Waals surface area contributed by atoms with Crippen molar-refractivity contribution < 1.29 is 9.53 Å². The Morgan fingerprint density at radius 3 is 2.48 bits per heavy atom. The molecule has 1 heterocycles. The Bertz CT molecular complexity index is 958. The normalized spacial score (nSPS) is 10.6. The first-order valence-corrected chi connectivity index (χ1v) is 9.78. The number of carbonyl (C=O) groups excluding carboxylic acids is 1. The third kappa shape index (κ3) is 5.54. The Morgan fingerprint density at radius 2 is 1.76 bits per heavy atom. The first-order valence-electron chi connectivity index (χ1n) is 9.78. The van der Waals surface area contributed by atoms with Crippen LogP contribution in [0.15, 0.2) is 60.7 Å². The number of rotatable bonds is 8. The summed E-state index contributed by atoms with van der Waals surface area (Å²) in [6.07, 6.45) is 0. The van der Waals surface area contributed by atoms with Crippen molar-refractivity contribution >= 4 is 23.4 Å². The fraction of sp³-hybridized carbons (Fsp3) is 0.261. The molecule has 2 aromatic carbocycles. The standard InChI is InChI=1S/C23H26N4O2/c1-4-29-22(28)18-12-8-9-13-19(18)25-21-14-20(17-10-6-5-7-11-17)26-23(27-21)24-15-16(2)3/h5-14,16H,4,15H2,1-3H3,(H2,24,25,26,27). The van der Waals surface area contributed by atoms with Crippen LogP contribution in [0.3, 0.4) is 0 Å². The second kappa shape index (κ2) is 9.68. The molecule has 6 nitrogen and oxygen atoms in total. The molecule has 0 bridgehead atoms. The zero-order valence-electron chi connectivity index (χ0n) is 17.0. The Balaban J connectivity index is 1.96. The van der Waals surface area contributed by atoms with Gasteiger partial charge in [0.1, 0.15) is 5.82 Å². The number of hydrogen-bond acceptors (Lipinski definition) is 6. The van der Waals surface area contributed by atoms with Crippen molar-refractivity contribution in [1.82, 2.24) is 9.97 Å². The van der Waals surface area contributed by atoms with E-state index in [1.165, 1.54) is 0 Å². The van der Waals surface area contributed by atoms with E-state index in [2.05, 4.69) is 34.4 Å². The van der Waals surface area contributed by atoms with Gasteiger partial charge in [-0.05, 0) is 25.0 Å². The number of esters is 1. The summed E-state index contributed by atoms with van der Waals surface area (Å²) in [6.45, 7) is 7.13. The molecule has 0 spiro atoms. The Labute approximate surface area is 171 Å². The van der Waals surface area contributed by atoms with E-state index in [4.69, 9.17) is 4.74 Å². The minimum absolute atomic E-state index is 0.322. The predicted molar refractivity (Wildman–Crippen MR) is 116 cm³/mol. The zero-order valence-corrected chi connectivity index (χ0v) is 17.0. The maximum absolute atomic E-state index is 12.3. The summed E-state index contributed by atoms with van der Waals surface area (Å²) in [4.78, 5) is 21.5. The quantitative estimate of drug-likeness (QED) is 0.519. The van der Waals surface area contributed by atoms with Gasteiger partial charge in [-0.15, -0.1) is 0 Å². The fourth-order valence-electron chi connectivity index (χ4n) is 2.76. The first-order chi connectivity index (χ1) is 14.1. The van der Waals surface area contributed by atoms with Crippen molar-refractivity contribution in [2.45, 2.75) is 20.8 Å². The van der Waals surface area contributed by atoms with Crippen LogP contribution in [0.5, 0.6) is 0 Å². The number of benzene rings is 2. The average molecular weight is 390 g/mol. The molecule has 0 radical (unpaired) electrons. The number of anilines is 3. The molecule has 0 fully saturated rings. The lowest BCUT2D eigenvalue weighted by atomic mass is 10.1. The van der Waals surface area contributed by atoms with Crippen LogP contribution in [0.1, 0.15) is 31.1 Å². The minimum atomic E-state index is -0.369. The summed E-state index contributed by atoms with van der Waals surface area (Å²) >= 11 is 0. The van der Waals surface area contributed by atoms with Gasteiger partial charge in [0.05, 0.1) is 23.6 Å². The second-order valence-corrected chi connectivity index (χ2v) is 6.99. The van der Waals surface area contributed by atoms with Gasteiger partial charge in [-0.1, -0.05) is 56.3 Å². The molecule has 0 aliphatic heterocycles. The second-order valence-electron chi connectivity index (χ2n) is 6.99. The van der Waals surface area contributed by atoms with Gasteiger partial charge in [0.2, 0.25) is 5.95 Å². The highest BCUT2D eigenvalue weighted by molar-refractivity contribution is 5.96.